The van der Waals surface area contributed by atoms with Crippen molar-refractivity contribution in [2.24, 2.45) is 5.10 Å². The van der Waals surface area contributed by atoms with E-state index in [1.807, 2.05) is 60.8 Å². The maximum absolute atomic E-state index is 12.8. The summed E-state index contributed by atoms with van der Waals surface area (Å²) in [6.07, 6.45) is 1.57. The minimum absolute atomic E-state index is 0.318. The van der Waals surface area contributed by atoms with Gasteiger partial charge in [0.15, 0.2) is 16.6 Å². The molecule has 0 saturated carbocycles. The van der Waals surface area contributed by atoms with Gasteiger partial charge >= 0.3 is 0 Å². The highest BCUT2D eigenvalue weighted by Crippen LogP contribution is 2.34. The Balaban J connectivity index is 1.20. The monoisotopic (exact) mass is 654 g/mol. The van der Waals surface area contributed by atoms with Crippen LogP contribution in [-0.4, -0.2) is 23.7 Å². The molecule has 1 aromatic heterocycles. The van der Waals surface area contributed by atoms with Gasteiger partial charge in [-0.05, 0) is 78.7 Å². The summed E-state index contributed by atoms with van der Waals surface area (Å²) < 4.78 is 12.6. The Hall–Kier alpha value is -4.47. The van der Waals surface area contributed by atoms with Crippen molar-refractivity contribution in [3.05, 3.63) is 123 Å². The van der Waals surface area contributed by atoms with Gasteiger partial charge in [0.2, 0.25) is 0 Å². The van der Waals surface area contributed by atoms with Gasteiger partial charge in [0.1, 0.15) is 6.61 Å². The molecular weight excluding hydrogens is 624 g/mol. The van der Waals surface area contributed by atoms with Crippen molar-refractivity contribution < 1.29 is 14.3 Å². The average molecular weight is 656 g/mol. The number of benzene rings is 4. The molecule has 0 aliphatic carbocycles. The SMILES string of the molecule is CCOc1cc(/C=N\NC(=O)c2ccc(-c3csc(Nc4ccc(C)cc4)n3)cc2)c(Br)cc1OCc1cccc(C)c1. The first kappa shape index (κ1) is 30.0. The highest BCUT2D eigenvalue weighted by molar-refractivity contribution is 9.10. The zero-order chi connectivity index (χ0) is 30.2. The van der Waals surface area contributed by atoms with E-state index in [1.165, 1.54) is 22.5 Å². The molecule has 4 aromatic carbocycles. The second-order valence-electron chi connectivity index (χ2n) is 9.84. The molecule has 0 saturated heterocycles. The average Bonchev–Trinajstić information content (AvgIpc) is 3.47. The van der Waals surface area contributed by atoms with E-state index in [2.05, 4.69) is 74.9 Å². The zero-order valence-electron chi connectivity index (χ0n) is 24.1. The first-order chi connectivity index (χ1) is 20.9. The second kappa shape index (κ2) is 14.1. The van der Waals surface area contributed by atoms with Crippen LogP contribution in [0.3, 0.4) is 0 Å². The van der Waals surface area contributed by atoms with E-state index >= 15 is 0 Å². The lowest BCUT2D eigenvalue weighted by molar-refractivity contribution is 0.0955. The normalized spacial score (nSPS) is 11.0. The predicted molar refractivity (Wildman–Crippen MR) is 178 cm³/mol. The summed E-state index contributed by atoms with van der Waals surface area (Å²) in [4.78, 5) is 17.4. The van der Waals surface area contributed by atoms with E-state index in [0.717, 1.165) is 37.7 Å². The van der Waals surface area contributed by atoms with Crippen LogP contribution in [0.1, 0.15) is 39.5 Å². The molecule has 0 aliphatic rings. The van der Waals surface area contributed by atoms with Crippen LogP contribution in [0.2, 0.25) is 0 Å². The number of thiazole rings is 1. The van der Waals surface area contributed by atoms with Crippen LogP contribution < -0.4 is 20.2 Å². The Morgan fingerprint density at radius 1 is 0.953 bits per heavy atom. The number of rotatable bonds is 11. The van der Waals surface area contributed by atoms with E-state index < -0.39 is 0 Å². The molecule has 0 atom stereocenters. The number of nitrogens with one attached hydrogen (secondary N) is 2. The molecule has 0 bridgehead atoms. The number of aryl methyl sites for hydroxylation is 2. The summed E-state index contributed by atoms with van der Waals surface area (Å²) in [6, 6.07) is 27.3. The molecule has 5 aromatic rings. The van der Waals surface area contributed by atoms with E-state index in [0.29, 0.717) is 30.3 Å². The maximum Gasteiger partial charge on any atom is 0.271 e. The van der Waals surface area contributed by atoms with Crippen LogP contribution in [-0.2, 0) is 6.61 Å². The first-order valence-corrected chi connectivity index (χ1v) is 15.4. The second-order valence-corrected chi connectivity index (χ2v) is 11.5. The zero-order valence-corrected chi connectivity index (χ0v) is 26.5. The number of carbonyl (C=O) groups excluding carboxylic acids is 1. The number of hydrogen-bond donors (Lipinski definition) is 2. The fourth-order valence-electron chi connectivity index (χ4n) is 4.24. The highest BCUT2D eigenvalue weighted by atomic mass is 79.9. The third-order valence-electron chi connectivity index (χ3n) is 6.46. The molecule has 0 fully saturated rings. The number of anilines is 2. The Kier molecular flexibility index (Phi) is 9.86. The van der Waals surface area contributed by atoms with E-state index in [-0.39, 0.29) is 5.91 Å². The fourth-order valence-corrected chi connectivity index (χ4v) is 5.40. The van der Waals surface area contributed by atoms with Gasteiger partial charge < -0.3 is 14.8 Å². The molecular formula is C34H31BrN4O3S. The van der Waals surface area contributed by atoms with Gasteiger partial charge in [0, 0.05) is 32.2 Å². The van der Waals surface area contributed by atoms with Crippen LogP contribution in [0.15, 0.2) is 99.9 Å². The topological polar surface area (TPSA) is 84.8 Å². The van der Waals surface area contributed by atoms with Crippen molar-refractivity contribution in [2.45, 2.75) is 27.4 Å². The Morgan fingerprint density at radius 3 is 2.47 bits per heavy atom. The number of hydrazone groups is 1. The summed E-state index contributed by atoms with van der Waals surface area (Å²) in [7, 11) is 0. The van der Waals surface area contributed by atoms with Crippen molar-refractivity contribution in [1.82, 2.24) is 10.4 Å². The van der Waals surface area contributed by atoms with Crippen molar-refractivity contribution in [2.75, 3.05) is 11.9 Å². The Bertz CT molecular complexity index is 1730. The fraction of sp³-hybridized carbons (Fsp3) is 0.147. The minimum atomic E-state index is -0.318. The number of ether oxygens (including phenoxy) is 2. The van der Waals surface area contributed by atoms with Crippen molar-refractivity contribution in [3.63, 3.8) is 0 Å². The van der Waals surface area contributed by atoms with Gasteiger partial charge in [-0.15, -0.1) is 11.3 Å². The van der Waals surface area contributed by atoms with Crippen molar-refractivity contribution in [3.8, 4) is 22.8 Å². The summed E-state index contributed by atoms with van der Waals surface area (Å²) in [6.45, 7) is 6.93. The molecule has 7 nitrogen and oxygen atoms in total. The van der Waals surface area contributed by atoms with Gasteiger partial charge in [-0.1, -0.05) is 59.7 Å². The molecule has 43 heavy (non-hydrogen) atoms. The van der Waals surface area contributed by atoms with E-state index in [1.54, 1.807) is 18.3 Å². The van der Waals surface area contributed by atoms with Crippen molar-refractivity contribution >= 4 is 50.2 Å². The van der Waals surface area contributed by atoms with E-state index in [4.69, 9.17) is 9.47 Å². The molecule has 5 rings (SSSR count). The highest BCUT2D eigenvalue weighted by Gasteiger charge is 2.12. The largest absolute Gasteiger partial charge is 0.490 e. The number of nitrogens with zero attached hydrogens (tertiary/aromatic N) is 2. The molecule has 218 valence electrons. The molecule has 2 N–H and O–H groups in total. The van der Waals surface area contributed by atoms with Crippen LogP contribution >= 0.6 is 27.3 Å². The lowest BCUT2D eigenvalue weighted by atomic mass is 10.1. The molecule has 0 unspecified atom stereocenters. The Morgan fingerprint density at radius 2 is 1.72 bits per heavy atom. The molecule has 0 spiro atoms. The molecule has 0 aliphatic heterocycles. The van der Waals surface area contributed by atoms with Crippen LogP contribution in [0, 0.1) is 13.8 Å². The van der Waals surface area contributed by atoms with Gasteiger partial charge in [0.25, 0.3) is 5.91 Å². The molecule has 9 heteroatoms. The lowest BCUT2D eigenvalue weighted by Gasteiger charge is -2.14. The number of carbonyl (C=O) groups is 1. The van der Waals surface area contributed by atoms with Gasteiger partial charge in [-0.3, -0.25) is 4.79 Å². The minimum Gasteiger partial charge on any atom is -0.490 e. The maximum atomic E-state index is 12.8. The summed E-state index contributed by atoms with van der Waals surface area (Å²) in [5.41, 5.74) is 10.0. The summed E-state index contributed by atoms with van der Waals surface area (Å²) in [5, 5.41) is 10.3. The van der Waals surface area contributed by atoms with Gasteiger partial charge in [0.05, 0.1) is 18.5 Å². The number of aromatic nitrogens is 1. The predicted octanol–water partition coefficient (Wildman–Crippen LogP) is 8.67. The molecule has 1 amide bonds. The van der Waals surface area contributed by atoms with E-state index in [9.17, 15) is 4.79 Å². The van der Waals surface area contributed by atoms with Crippen LogP contribution in [0.5, 0.6) is 11.5 Å². The van der Waals surface area contributed by atoms with Crippen LogP contribution in [0.25, 0.3) is 11.3 Å². The van der Waals surface area contributed by atoms with Gasteiger partial charge in [-0.25, -0.2) is 10.4 Å². The van der Waals surface area contributed by atoms with Crippen LogP contribution in [0.4, 0.5) is 10.8 Å². The number of hydrogen-bond acceptors (Lipinski definition) is 7. The standard InChI is InChI=1S/C34H31BrN4O3S/c1-4-41-31-17-27(29(35)18-32(31)42-20-24-7-5-6-23(3)16-24)19-36-39-33(40)26-12-10-25(11-13-26)30-21-43-34(38-30)37-28-14-8-22(2)9-15-28/h5-19,21H,4,20H2,1-3H3,(H,37,38)(H,39,40)/b36-19-. The quantitative estimate of drug-likeness (QED) is 0.110. The number of halogens is 1. The summed E-state index contributed by atoms with van der Waals surface area (Å²) >= 11 is 5.12. The third-order valence-corrected chi connectivity index (χ3v) is 7.90. The molecule has 1 heterocycles. The van der Waals surface area contributed by atoms with Crippen molar-refractivity contribution in [1.29, 1.82) is 0 Å². The Labute approximate surface area is 263 Å². The molecule has 0 radical (unpaired) electrons. The lowest BCUT2D eigenvalue weighted by Crippen LogP contribution is -2.17. The van der Waals surface area contributed by atoms with Gasteiger partial charge in [-0.2, -0.15) is 5.10 Å². The number of amides is 1. The summed E-state index contributed by atoms with van der Waals surface area (Å²) in [5.74, 6) is 0.901. The smallest absolute Gasteiger partial charge is 0.271 e. The first-order valence-electron chi connectivity index (χ1n) is 13.8. The third kappa shape index (κ3) is 8.09.